The molecule has 1 heterocycles. The summed E-state index contributed by atoms with van der Waals surface area (Å²) in [5.74, 6) is 0.347. The number of hydrogen-bond donors (Lipinski definition) is 1. The van der Waals surface area contributed by atoms with Gasteiger partial charge in [-0.3, -0.25) is 9.69 Å². The monoisotopic (exact) mass is 294 g/mol. The van der Waals surface area contributed by atoms with Gasteiger partial charge < -0.3 is 5.32 Å². The predicted octanol–water partition coefficient (Wildman–Crippen LogP) is 2.64. The quantitative estimate of drug-likeness (QED) is 0.847. The first-order chi connectivity index (χ1) is 9.69. The molecule has 1 aromatic carbocycles. The van der Waals surface area contributed by atoms with E-state index in [9.17, 15) is 4.79 Å². The summed E-state index contributed by atoms with van der Waals surface area (Å²) < 4.78 is 0. The van der Waals surface area contributed by atoms with Gasteiger partial charge in [-0.15, -0.1) is 11.6 Å². The lowest BCUT2D eigenvalue weighted by Crippen LogP contribution is -2.48. The maximum atomic E-state index is 11.9. The Bertz CT molecular complexity index is 424. The van der Waals surface area contributed by atoms with Gasteiger partial charge in [0.1, 0.15) is 0 Å². The lowest BCUT2D eigenvalue weighted by molar-refractivity contribution is -0.125. The number of likely N-dealkylation sites (tertiary alicyclic amines) is 1. The summed E-state index contributed by atoms with van der Waals surface area (Å²) in [5.41, 5.74) is 1.33. The molecule has 0 bridgehead atoms. The first-order valence-electron chi connectivity index (χ1n) is 7.31. The maximum absolute atomic E-state index is 11.9. The molecule has 0 aromatic heterocycles. The van der Waals surface area contributed by atoms with Crippen LogP contribution in [0.25, 0.3) is 0 Å². The highest BCUT2D eigenvalue weighted by Gasteiger charge is 2.23. The lowest BCUT2D eigenvalue weighted by Gasteiger charge is -2.33. The van der Waals surface area contributed by atoms with Crippen LogP contribution in [0, 0.1) is 5.92 Å². The normalized spacial score (nSPS) is 21.4. The Morgan fingerprint density at radius 1 is 1.45 bits per heavy atom. The number of benzene rings is 1. The van der Waals surface area contributed by atoms with E-state index in [1.807, 2.05) is 13.0 Å². The molecule has 1 aromatic rings. The highest BCUT2D eigenvalue weighted by atomic mass is 35.5. The molecule has 4 heteroatoms. The summed E-state index contributed by atoms with van der Waals surface area (Å²) in [6, 6.07) is 10.7. The number of piperidine rings is 1. The largest absolute Gasteiger partial charge is 0.352 e. The highest BCUT2D eigenvalue weighted by Crippen LogP contribution is 2.14. The van der Waals surface area contributed by atoms with E-state index in [2.05, 4.69) is 34.5 Å². The van der Waals surface area contributed by atoms with Crippen LogP contribution in [0.4, 0.5) is 0 Å². The summed E-state index contributed by atoms with van der Waals surface area (Å²) in [4.78, 5) is 14.3. The summed E-state index contributed by atoms with van der Waals surface area (Å²) in [6.07, 6.45) is 2.19. The van der Waals surface area contributed by atoms with Crippen molar-refractivity contribution < 1.29 is 4.79 Å². The van der Waals surface area contributed by atoms with E-state index >= 15 is 0 Å². The molecule has 1 fully saturated rings. The molecule has 1 saturated heterocycles. The van der Waals surface area contributed by atoms with Crippen molar-refractivity contribution in [1.29, 1.82) is 0 Å². The number of carbonyl (C=O) groups excluding carboxylic acids is 1. The van der Waals surface area contributed by atoms with Crippen LogP contribution in [-0.4, -0.2) is 35.8 Å². The topological polar surface area (TPSA) is 32.3 Å². The summed E-state index contributed by atoms with van der Waals surface area (Å²) in [6.45, 7) is 4.85. The van der Waals surface area contributed by atoms with Gasteiger partial charge in [0.25, 0.3) is 0 Å². The van der Waals surface area contributed by atoms with Gasteiger partial charge in [0.2, 0.25) is 5.91 Å². The van der Waals surface area contributed by atoms with Crippen LogP contribution in [0.1, 0.15) is 25.3 Å². The Hall–Kier alpha value is -1.06. The molecule has 2 atom stereocenters. The number of hydrogen-bond acceptors (Lipinski definition) is 2. The fraction of sp³-hybridized carbons (Fsp3) is 0.562. The van der Waals surface area contributed by atoms with Crippen LogP contribution in [0.2, 0.25) is 0 Å². The standard InChI is InChI=1S/C16H23ClN2O/c1-13(10-17)16(20)18-15-8-5-9-19(12-15)11-14-6-3-2-4-7-14/h2-4,6-7,13,15H,5,8-12H2,1H3,(H,18,20). The van der Waals surface area contributed by atoms with Crippen molar-refractivity contribution in [3.8, 4) is 0 Å². The lowest BCUT2D eigenvalue weighted by atomic mass is 10.0. The smallest absolute Gasteiger partial charge is 0.224 e. The van der Waals surface area contributed by atoms with Crippen molar-refractivity contribution in [2.24, 2.45) is 5.92 Å². The fourth-order valence-corrected chi connectivity index (χ4v) is 2.71. The molecule has 110 valence electrons. The van der Waals surface area contributed by atoms with Crippen molar-refractivity contribution in [2.75, 3.05) is 19.0 Å². The van der Waals surface area contributed by atoms with E-state index in [0.29, 0.717) is 5.88 Å². The zero-order chi connectivity index (χ0) is 14.4. The van der Waals surface area contributed by atoms with E-state index in [0.717, 1.165) is 32.5 Å². The molecule has 2 rings (SSSR count). The van der Waals surface area contributed by atoms with Crippen LogP contribution in [0.15, 0.2) is 30.3 Å². The number of carbonyl (C=O) groups is 1. The molecule has 2 unspecified atom stereocenters. The van der Waals surface area contributed by atoms with E-state index in [4.69, 9.17) is 11.6 Å². The number of nitrogens with zero attached hydrogens (tertiary/aromatic N) is 1. The Morgan fingerprint density at radius 2 is 2.20 bits per heavy atom. The SMILES string of the molecule is CC(CCl)C(=O)NC1CCCN(Cc2ccccc2)C1. The molecule has 0 radical (unpaired) electrons. The minimum Gasteiger partial charge on any atom is -0.352 e. The van der Waals surface area contributed by atoms with Gasteiger partial charge in [0.05, 0.1) is 0 Å². The Morgan fingerprint density at radius 3 is 2.90 bits per heavy atom. The molecule has 1 aliphatic rings. The average molecular weight is 295 g/mol. The molecular formula is C16H23ClN2O. The Kier molecular flexibility index (Phi) is 5.86. The molecule has 3 nitrogen and oxygen atoms in total. The second-order valence-corrected chi connectivity index (χ2v) is 5.93. The molecular weight excluding hydrogens is 272 g/mol. The molecule has 1 aliphatic heterocycles. The van der Waals surface area contributed by atoms with E-state index in [-0.39, 0.29) is 17.9 Å². The molecule has 1 N–H and O–H groups in total. The number of nitrogens with one attached hydrogen (secondary N) is 1. The average Bonchev–Trinajstić information content (AvgIpc) is 2.47. The molecule has 20 heavy (non-hydrogen) atoms. The van der Waals surface area contributed by atoms with Crippen molar-refractivity contribution in [2.45, 2.75) is 32.4 Å². The van der Waals surface area contributed by atoms with Gasteiger partial charge >= 0.3 is 0 Å². The van der Waals surface area contributed by atoms with E-state index in [1.54, 1.807) is 0 Å². The number of halogens is 1. The zero-order valence-electron chi connectivity index (χ0n) is 12.0. The number of alkyl halides is 1. The first kappa shape index (κ1) is 15.3. The summed E-state index contributed by atoms with van der Waals surface area (Å²) >= 11 is 5.73. The molecule has 1 amide bonds. The van der Waals surface area contributed by atoms with Crippen molar-refractivity contribution >= 4 is 17.5 Å². The second kappa shape index (κ2) is 7.65. The Labute approximate surface area is 126 Å². The van der Waals surface area contributed by atoms with Crippen LogP contribution in [-0.2, 0) is 11.3 Å². The van der Waals surface area contributed by atoms with Crippen molar-refractivity contribution in [3.63, 3.8) is 0 Å². The van der Waals surface area contributed by atoms with Gasteiger partial charge in [0, 0.05) is 30.9 Å². The number of rotatable bonds is 5. The Balaban J connectivity index is 1.84. The van der Waals surface area contributed by atoms with Crippen molar-refractivity contribution in [1.82, 2.24) is 10.2 Å². The van der Waals surface area contributed by atoms with Gasteiger partial charge in [0.15, 0.2) is 0 Å². The second-order valence-electron chi connectivity index (χ2n) is 5.62. The van der Waals surface area contributed by atoms with Gasteiger partial charge in [-0.25, -0.2) is 0 Å². The third kappa shape index (κ3) is 4.50. The van der Waals surface area contributed by atoms with E-state index < -0.39 is 0 Å². The summed E-state index contributed by atoms with van der Waals surface area (Å²) in [5, 5.41) is 3.12. The third-order valence-corrected chi connectivity index (χ3v) is 4.24. The molecule has 0 spiro atoms. The van der Waals surface area contributed by atoms with Gasteiger partial charge in [-0.05, 0) is 24.9 Å². The fourth-order valence-electron chi connectivity index (χ4n) is 2.57. The summed E-state index contributed by atoms with van der Waals surface area (Å²) in [7, 11) is 0. The van der Waals surface area contributed by atoms with Gasteiger partial charge in [-0.1, -0.05) is 37.3 Å². The third-order valence-electron chi connectivity index (χ3n) is 3.78. The van der Waals surface area contributed by atoms with E-state index in [1.165, 1.54) is 5.56 Å². The predicted molar refractivity (Wildman–Crippen MR) is 82.8 cm³/mol. The minimum atomic E-state index is -0.110. The molecule has 0 aliphatic carbocycles. The minimum absolute atomic E-state index is 0.0755. The van der Waals surface area contributed by atoms with Crippen LogP contribution in [0.3, 0.4) is 0 Å². The first-order valence-corrected chi connectivity index (χ1v) is 7.85. The van der Waals surface area contributed by atoms with Crippen LogP contribution < -0.4 is 5.32 Å². The van der Waals surface area contributed by atoms with Crippen LogP contribution in [0.5, 0.6) is 0 Å². The van der Waals surface area contributed by atoms with Gasteiger partial charge in [-0.2, -0.15) is 0 Å². The highest BCUT2D eigenvalue weighted by molar-refractivity contribution is 6.19. The molecule has 0 saturated carbocycles. The van der Waals surface area contributed by atoms with Crippen molar-refractivity contribution in [3.05, 3.63) is 35.9 Å². The van der Waals surface area contributed by atoms with Crippen LogP contribution >= 0.6 is 11.6 Å². The maximum Gasteiger partial charge on any atom is 0.224 e. The number of amides is 1. The zero-order valence-corrected chi connectivity index (χ0v) is 12.8.